The van der Waals surface area contributed by atoms with Crippen LogP contribution in [-0.4, -0.2) is 118 Å². The van der Waals surface area contributed by atoms with Gasteiger partial charge in [-0.25, -0.2) is 4.79 Å². The molecule has 2 atom stereocenters. The van der Waals surface area contributed by atoms with Crippen molar-refractivity contribution >= 4 is 17.5 Å². The third kappa shape index (κ3) is 10.8. The molecule has 1 amide bonds. The van der Waals surface area contributed by atoms with Crippen molar-refractivity contribution in [2.24, 2.45) is 11.8 Å². The smallest absolute Gasteiger partial charge is 0.410 e. The van der Waals surface area contributed by atoms with Crippen molar-refractivity contribution in [3.8, 4) is 0 Å². The highest BCUT2D eigenvalue weighted by Gasteiger charge is 2.28. The fraction of sp³-hybridized carbons (Fsp3) is 0.667. The summed E-state index contributed by atoms with van der Waals surface area (Å²) in [5.74, 6) is 0.378. The predicted molar refractivity (Wildman–Crippen MR) is 196 cm³/mol. The highest BCUT2D eigenvalue weighted by molar-refractivity contribution is 5.68. The van der Waals surface area contributed by atoms with E-state index in [2.05, 4.69) is 75.2 Å². The first-order valence-corrected chi connectivity index (χ1v) is 18.5. The number of alkyl halides is 2. The van der Waals surface area contributed by atoms with Gasteiger partial charge < -0.3 is 24.8 Å². The first kappa shape index (κ1) is 37.3. The lowest BCUT2D eigenvalue weighted by atomic mass is 10.1. The van der Waals surface area contributed by atoms with Gasteiger partial charge in [0, 0.05) is 115 Å². The van der Waals surface area contributed by atoms with Crippen LogP contribution in [-0.2, 0) is 17.8 Å². The van der Waals surface area contributed by atoms with Gasteiger partial charge in [0.1, 0.15) is 5.60 Å². The van der Waals surface area contributed by atoms with Crippen LogP contribution in [0.15, 0.2) is 36.4 Å². The Morgan fingerprint density at radius 2 is 1.20 bits per heavy atom. The minimum Gasteiger partial charge on any atom is -0.444 e. The third-order valence-corrected chi connectivity index (χ3v) is 10.2. The zero-order valence-electron chi connectivity index (χ0n) is 30.7. The number of anilines is 2. The number of nitrogens with one attached hydrogen (secondary N) is 1. The zero-order chi connectivity index (χ0) is 35.0. The van der Waals surface area contributed by atoms with Crippen molar-refractivity contribution in [1.82, 2.24) is 20.0 Å². The molecule has 2 aromatic rings. The van der Waals surface area contributed by atoms with Crippen LogP contribution in [0.1, 0.15) is 55.9 Å². The quantitative estimate of drug-likeness (QED) is 0.365. The molecule has 10 heteroatoms. The van der Waals surface area contributed by atoms with E-state index in [4.69, 9.17) is 4.74 Å². The number of benzene rings is 2. The summed E-state index contributed by atoms with van der Waals surface area (Å²) in [5.41, 5.74) is 7.31. The summed E-state index contributed by atoms with van der Waals surface area (Å²) in [5, 5.41) is 3.40. The minimum absolute atomic E-state index is 0.158. The van der Waals surface area contributed by atoms with E-state index in [0.717, 1.165) is 91.4 Å². The van der Waals surface area contributed by atoms with E-state index in [1.165, 1.54) is 33.6 Å². The largest absolute Gasteiger partial charge is 0.444 e. The second-order valence-corrected chi connectivity index (χ2v) is 15.5. The van der Waals surface area contributed by atoms with Crippen LogP contribution < -0.4 is 15.1 Å². The number of piperazine rings is 2. The number of amides is 1. The van der Waals surface area contributed by atoms with Crippen molar-refractivity contribution in [3.05, 3.63) is 58.7 Å². The van der Waals surface area contributed by atoms with Gasteiger partial charge in [-0.1, -0.05) is 24.3 Å². The average Bonchev–Trinajstić information content (AvgIpc) is 3.77. The Balaban J connectivity index is 0.000000199. The van der Waals surface area contributed by atoms with Crippen LogP contribution >= 0.6 is 0 Å². The van der Waals surface area contributed by atoms with Gasteiger partial charge in [-0.3, -0.25) is 18.6 Å². The summed E-state index contributed by atoms with van der Waals surface area (Å²) in [4.78, 5) is 23.7. The van der Waals surface area contributed by atoms with E-state index >= 15 is 0 Å². The van der Waals surface area contributed by atoms with E-state index in [1.54, 1.807) is 4.90 Å². The fourth-order valence-corrected chi connectivity index (χ4v) is 7.32. The highest BCUT2D eigenvalue weighted by atomic mass is 19.1. The van der Waals surface area contributed by atoms with Crippen molar-refractivity contribution in [2.45, 2.75) is 66.2 Å². The molecule has 4 aliphatic rings. The highest BCUT2D eigenvalue weighted by Crippen LogP contribution is 2.31. The maximum atomic E-state index is 13.1. The van der Waals surface area contributed by atoms with Crippen molar-refractivity contribution in [2.75, 3.05) is 102 Å². The van der Waals surface area contributed by atoms with Gasteiger partial charge in [0.2, 0.25) is 0 Å². The zero-order valence-corrected chi connectivity index (χ0v) is 30.7. The second-order valence-electron chi connectivity index (χ2n) is 15.5. The molecule has 2 aromatic carbocycles. The Bertz CT molecular complexity index is 1360. The van der Waals surface area contributed by atoms with E-state index < -0.39 is 5.60 Å². The molecule has 0 unspecified atom stereocenters. The van der Waals surface area contributed by atoms with Crippen LogP contribution in [0.3, 0.4) is 0 Å². The number of hydrogen-bond donors (Lipinski definition) is 1. The summed E-state index contributed by atoms with van der Waals surface area (Å²) in [6, 6.07) is 13.3. The molecular formula is C39H60F2N6O2. The molecule has 49 heavy (non-hydrogen) atoms. The third-order valence-electron chi connectivity index (χ3n) is 10.2. The molecule has 0 saturated carbocycles. The monoisotopic (exact) mass is 682 g/mol. The average molecular weight is 683 g/mol. The van der Waals surface area contributed by atoms with Crippen LogP contribution in [0.25, 0.3) is 0 Å². The van der Waals surface area contributed by atoms with Gasteiger partial charge in [0.15, 0.2) is 0 Å². The van der Waals surface area contributed by atoms with E-state index in [9.17, 15) is 13.6 Å². The molecule has 272 valence electrons. The molecule has 0 spiro atoms. The van der Waals surface area contributed by atoms with Crippen molar-refractivity contribution in [3.63, 3.8) is 0 Å². The molecule has 0 aromatic heterocycles. The summed E-state index contributed by atoms with van der Waals surface area (Å²) in [6.45, 7) is 22.4. The van der Waals surface area contributed by atoms with Crippen molar-refractivity contribution in [1.29, 1.82) is 0 Å². The Kier molecular flexibility index (Phi) is 13.2. The molecule has 4 aliphatic heterocycles. The lowest BCUT2D eigenvalue weighted by Gasteiger charge is -2.36. The summed E-state index contributed by atoms with van der Waals surface area (Å²) >= 11 is 0. The van der Waals surface area contributed by atoms with Gasteiger partial charge in [0.05, 0.1) is 13.3 Å². The van der Waals surface area contributed by atoms with Gasteiger partial charge in [-0.05, 0) is 81.8 Å². The normalized spacial score (nSPS) is 22.3. The van der Waals surface area contributed by atoms with E-state index in [-0.39, 0.29) is 31.3 Å². The number of carbonyl (C=O) groups is 1. The van der Waals surface area contributed by atoms with Crippen molar-refractivity contribution < 1.29 is 18.3 Å². The number of hydrogen-bond acceptors (Lipinski definition) is 7. The molecule has 1 N–H and O–H groups in total. The fourth-order valence-electron chi connectivity index (χ4n) is 7.32. The molecule has 8 nitrogen and oxygen atoms in total. The number of carbonyl (C=O) groups excluding carboxylic acids is 1. The first-order valence-electron chi connectivity index (χ1n) is 18.5. The van der Waals surface area contributed by atoms with Crippen LogP contribution in [0.2, 0.25) is 0 Å². The first-order chi connectivity index (χ1) is 23.5. The number of ether oxygens (including phenoxy) is 1. The minimum atomic E-state index is -0.460. The van der Waals surface area contributed by atoms with Gasteiger partial charge in [0.25, 0.3) is 0 Å². The predicted octanol–water partition coefficient (Wildman–Crippen LogP) is 6.04. The van der Waals surface area contributed by atoms with Crippen LogP contribution in [0, 0.1) is 25.7 Å². The lowest BCUT2D eigenvalue weighted by Crippen LogP contribution is -2.49. The molecule has 0 radical (unpaired) electrons. The molecule has 6 rings (SSSR count). The topological polar surface area (TPSA) is 54.5 Å². The SMILES string of the molecule is Cc1ccc(CN2CCN(C(=O)OC(C)(C)C)CC2)c(N2CC[C@H](CF)C2)c1.Cc1ccc(CN2CCNCC2)c(N2CC[C@H](CF)C2)c1. The number of rotatable bonds is 8. The molecule has 4 fully saturated rings. The molecular weight excluding hydrogens is 622 g/mol. The summed E-state index contributed by atoms with van der Waals surface area (Å²) in [7, 11) is 0. The van der Waals surface area contributed by atoms with Crippen LogP contribution in [0.5, 0.6) is 0 Å². The molecule has 4 heterocycles. The Hall–Kier alpha value is -2.95. The molecule has 4 saturated heterocycles. The maximum absolute atomic E-state index is 13.1. The summed E-state index contributed by atoms with van der Waals surface area (Å²) in [6.07, 6.45) is 1.69. The molecule has 0 aliphatic carbocycles. The molecule has 0 bridgehead atoms. The number of aryl methyl sites for hydroxylation is 2. The Morgan fingerprint density at radius 1 is 0.735 bits per heavy atom. The van der Waals surface area contributed by atoms with E-state index in [1.807, 2.05) is 20.8 Å². The van der Waals surface area contributed by atoms with Gasteiger partial charge in [-0.15, -0.1) is 0 Å². The lowest BCUT2D eigenvalue weighted by molar-refractivity contribution is 0.0139. The number of nitrogens with zero attached hydrogens (tertiary/aromatic N) is 5. The van der Waals surface area contributed by atoms with Gasteiger partial charge in [-0.2, -0.15) is 0 Å². The Labute approximate surface area is 293 Å². The Morgan fingerprint density at radius 3 is 1.63 bits per heavy atom. The van der Waals surface area contributed by atoms with E-state index in [0.29, 0.717) is 13.1 Å². The van der Waals surface area contributed by atoms with Crippen LogP contribution in [0.4, 0.5) is 25.0 Å². The maximum Gasteiger partial charge on any atom is 0.410 e. The number of halogens is 2. The standard InChI is InChI=1S/C22H34FN3O2.C17H26FN3/c1-17-5-6-19(20(13-17)26-8-7-18(14-23)15-26)16-24-9-11-25(12-10-24)21(27)28-22(2,3)4;1-14-2-3-16(13-20-8-5-19-6-9-20)17(10-14)21-7-4-15(11-18)12-21/h5-6,13,18H,7-12,14-16H2,1-4H3;2-3,10,15,19H,4-9,11-13H2,1H3/t18-;15-/m11/s1. The second kappa shape index (κ2) is 17.3. The van der Waals surface area contributed by atoms with Gasteiger partial charge >= 0.3 is 6.09 Å². The summed E-state index contributed by atoms with van der Waals surface area (Å²) < 4.78 is 31.4.